The predicted molar refractivity (Wildman–Crippen MR) is 158 cm³/mol. The second-order valence-electron chi connectivity index (χ2n) is 9.04. The first-order valence-corrected chi connectivity index (χ1v) is 13.5. The number of hydrogen-bond acceptors (Lipinski definition) is 4. The van der Waals surface area contributed by atoms with Crippen molar-refractivity contribution in [3.05, 3.63) is 146 Å². The number of benzene rings is 3. The molecule has 1 aliphatic heterocycles. The van der Waals surface area contributed by atoms with Gasteiger partial charge in [-0.3, -0.25) is 19.3 Å². The molecule has 4 aromatic rings. The molecule has 2 heterocycles. The standard InChI is InChI=1S/C31H28IN3O3/c1-2-3-19-33-22-35(28(24-14-8-5-9-15-24)25-16-10-11-17-26(25)32)34-20-18-27(36)30(29(34)31(33)37)38-21-23-12-6-4-7-13-23/h2,4-18,20,28H,1,3,19,21-22H2. The van der Waals surface area contributed by atoms with E-state index in [4.69, 9.17) is 4.74 Å². The van der Waals surface area contributed by atoms with E-state index in [0.717, 1.165) is 20.3 Å². The summed E-state index contributed by atoms with van der Waals surface area (Å²) in [6.45, 7) is 4.84. The second kappa shape index (κ2) is 11.7. The lowest BCUT2D eigenvalue weighted by Gasteiger charge is -2.44. The molecule has 0 fully saturated rings. The number of ether oxygens (including phenoxy) is 1. The van der Waals surface area contributed by atoms with E-state index in [2.05, 4.69) is 58.4 Å². The third-order valence-corrected chi connectivity index (χ3v) is 7.54. The van der Waals surface area contributed by atoms with Gasteiger partial charge in [-0.1, -0.05) is 84.9 Å². The summed E-state index contributed by atoms with van der Waals surface area (Å²) in [5.41, 5.74) is 3.01. The average molecular weight is 617 g/mol. The van der Waals surface area contributed by atoms with Crippen molar-refractivity contribution in [3.8, 4) is 5.75 Å². The molecule has 38 heavy (non-hydrogen) atoms. The topological polar surface area (TPSA) is 54.8 Å². The van der Waals surface area contributed by atoms with Crippen LogP contribution < -0.4 is 15.2 Å². The highest BCUT2D eigenvalue weighted by Crippen LogP contribution is 2.34. The van der Waals surface area contributed by atoms with Crippen molar-refractivity contribution < 1.29 is 9.53 Å². The minimum absolute atomic E-state index is 0.0595. The molecule has 1 atom stereocenters. The second-order valence-corrected chi connectivity index (χ2v) is 10.2. The number of aromatic nitrogens is 1. The van der Waals surface area contributed by atoms with Crippen molar-refractivity contribution >= 4 is 28.5 Å². The van der Waals surface area contributed by atoms with Gasteiger partial charge >= 0.3 is 0 Å². The van der Waals surface area contributed by atoms with Crippen molar-refractivity contribution in [2.45, 2.75) is 19.1 Å². The van der Waals surface area contributed by atoms with Gasteiger partial charge in [-0.05, 0) is 51.8 Å². The number of fused-ring (bicyclic) bond motifs is 1. The molecule has 192 valence electrons. The minimum atomic E-state index is -0.323. The SMILES string of the molecule is C=CCCN1CN(C(c2ccccc2)c2ccccc2I)n2ccc(=O)c(OCc3ccccc3)c2C1=O. The average Bonchev–Trinajstić information content (AvgIpc) is 2.95. The van der Waals surface area contributed by atoms with Crippen molar-refractivity contribution in [1.29, 1.82) is 0 Å². The van der Waals surface area contributed by atoms with E-state index < -0.39 is 0 Å². The Morgan fingerprint density at radius 3 is 2.32 bits per heavy atom. The third-order valence-electron chi connectivity index (χ3n) is 6.56. The molecule has 0 saturated carbocycles. The maximum absolute atomic E-state index is 13.8. The molecule has 1 aliphatic rings. The van der Waals surface area contributed by atoms with E-state index in [0.29, 0.717) is 19.6 Å². The quantitative estimate of drug-likeness (QED) is 0.178. The smallest absolute Gasteiger partial charge is 0.277 e. The van der Waals surface area contributed by atoms with Crippen LogP contribution in [-0.2, 0) is 6.61 Å². The fourth-order valence-corrected chi connectivity index (χ4v) is 5.40. The molecule has 1 unspecified atom stereocenters. The van der Waals surface area contributed by atoms with Crippen molar-refractivity contribution in [1.82, 2.24) is 9.58 Å². The van der Waals surface area contributed by atoms with Crippen LogP contribution in [0.15, 0.2) is 115 Å². The van der Waals surface area contributed by atoms with E-state index >= 15 is 0 Å². The van der Waals surface area contributed by atoms with Gasteiger partial charge in [0.2, 0.25) is 5.43 Å². The summed E-state index contributed by atoms with van der Waals surface area (Å²) in [5, 5.41) is 2.13. The zero-order valence-corrected chi connectivity index (χ0v) is 23.0. The Morgan fingerprint density at radius 2 is 1.61 bits per heavy atom. The van der Waals surface area contributed by atoms with Crippen LogP contribution in [0.2, 0.25) is 0 Å². The highest BCUT2D eigenvalue weighted by atomic mass is 127. The fraction of sp³-hybridized carbons (Fsp3) is 0.161. The van der Waals surface area contributed by atoms with Crippen LogP contribution in [0, 0.1) is 3.57 Å². The summed E-state index contributed by atoms with van der Waals surface area (Å²) in [6.07, 6.45) is 4.11. The van der Waals surface area contributed by atoms with E-state index in [-0.39, 0.29) is 35.4 Å². The van der Waals surface area contributed by atoms with E-state index in [1.807, 2.05) is 60.7 Å². The van der Waals surface area contributed by atoms with E-state index in [1.165, 1.54) is 6.07 Å². The van der Waals surface area contributed by atoms with Crippen molar-refractivity contribution in [2.75, 3.05) is 18.2 Å². The van der Waals surface area contributed by atoms with Crippen molar-refractivity contribution in [2.24, 2.45) is 0 Å². The van der Waals surface area contributed by atoms with Gasteiger partial charge in [0.25, 0.3) is 5.91 Å². The summed E-state index contributed by atoms with van der Waals surface area (Å²) < 4.78 is 8.99. The molecule has 7 heteroatoms. The van der Waals surface area contributed by atoms with Gasteiger partial charge in [0, 0.05) is 22.4 Å². The molecule has 5 rings (SSSR count). The molecule has 6 nitrogen and oxygen atoms in total. The van der Waals surface area contributed by atoms with Gasteiger partial charge in [0.15, 0.2) is 11.4 Å². The van der Waals surface area contributed by atoms with Gasteiger partial charge in [-0.2, -0.15) is 0 Å². The minimum Gasteiger partial charge on any atom is -0.482 e. The largest absolute Gasteiger partial charge is 0.482 e. The molecule has 1 amide bonds. The summed E-state index contributed by atoms with van der Waals surface area (Å²) >= 11 is 2.36. The number of halogens is 1. The Balaban J connectivity index is 1.67. The van der Waals surface area contributed by atoms with Gasteiger partial charge in [0.05, 0.1) is 6.04 Å². The lowest BCUT2D eigenvalue weighted by molar-refractivity contribution is 0.0680. The Kier molecular flexibility index (Phi) is 7.93. The van der Waals surface area contributed by atoms with Gasteiger partial charge in [0.1, 0.15) is 13.3 Å². The van der Waals surface area contributed by atoms with Gasteiger partial charge in [-0.25, -0.2) is 0 Å². The monoisotopic (exact) mass is 617 g/mol. The molecular formula is C31H28IN3O3. The number of nitrogens with zero attached hydrogens (tertiary/aromatic N) is 3. The predicted octanol–water partition coefficient (Wildman–Crippen LogP) is 5.75. The summed E-state index contributed by atoms with van der Waals surface area (Å²) in [6, 6.07) is 29.3. The summed E-state index contributed by atoms with van der Waals surface area (Å²) in [7, 11) is 0. The number of amides is 1. The Labute approximate surface area is 235 Å². The lowest BCUT2D eigenvalue weighted by Crippen LogP contribution is -2.55. The highest BCUT2D eigenvalue weighted by Gasteiger charge is 2.37. The van der Waals surface area contributed by atoms with Crippen LogP contribution in [0.1, 0.15) is 39.6 Å². The lowest BCUT2D eigenvalue weighted by atomic mass is 9.98. The maximum Gasteiger partial charge on any atom is 0.277 e. The van der Waals surface area contributed by atoms with Gasteiger partial charge < -0.3 is 9.64 Å². The van der Waals surface area contributed by atoms with Crippen LogP contribution in [-0.4, -0.2) is 28.7 Å². The van der Waals surface area contributed by atoms with Crippen LogP contribution in [0.5, 0.6) is 5.75 Å². The number of carbonyl (C=O) groups is 1. The first-order valence-electron chi connectivity index (χ1n) is 12.5. The summed E-state index contributed by atoms with van der Waals surface area (Å²) in [4.78, 5) is 28.7. The Bertz CT molecular complexity index is 1490. The Hall–Kier alpha value is -3.85. The van der Waals surface area contributed by atoms with E-state index in [1.54, 1.807) is 21.8 Å². The first kappa shape index (κ1) is 25.8. The maximum atomic E-state index is 13.8. The van der Waals surface area contributed by atoms with E-state index in [9.17, 15) is 9.59 Å². The summed E-state index contributed by atoms with van der Waals surface area (Å²) in [5.74, 6) is -0.178. The van der Waals surface area contributed by atoms with Gasteiger partial charge in [-0.15, -0.1) is 6.58 Å². The number of hydrogen-bond donors (Lipinski definition) is 0. The van der Waals surface area contributed by atoms with Crippen molar-refractivity contribution in [3.63, 3.8) is 0 Å². The fourth-order valence-electron chi connectivity index (χ4n) is 4.71. The molecular weight excluding hydrogens is 589 g/mol. The molecule has 0 saturated heterocycles. The molecule has 0 N–H and O–H groups in total. The third kappa shape index (κ3) is 5.24. The zero-order valence-electron chi connectivity index (χ0n) is 20.9. The first-order chi connectivity index (χ1) is 18.6. The molecule has 1 aromatic heterocycles. The normalized spacial score (nSPS) is 13.7. The number of carbonyl (C=O) groups excluding carboxylic acids is 1. The number of pyridine rings is 1. The van der Waals surface area contributed by atoms with Crippen LogP contribution in [0.25, 0.3) is 0 Å². The van der Waals surface area contributed by atoms with Crippen LogP contribution in [0.3, 0.4) is 0 Å². The molecule has 0 spiro atoms. The molecule has 3 aromatic carbocycles. The molecule has 0 bridgehead atoms. The Morgan fingerprint density at radius 1 is 0.921 bits per heavy atom. The molecule has 0 radical (unpaired) electrons. The molecule has 0 aliphatic carbocycles. The van der Waals surface area contributed by atoms with Crippen LogP contribution >= 0.6 is 22.6 Å². The number of rotatable bonds is 9. The zero-order chi connectivity index (χ0) is 26.5. The highest BCUT2D eigenvalue weighted by molar-refractivity contribution is 14.1. The van der Waals surface area contributed by atoms with Crippen LogP contribution in [0.4, 0.5) is 0 Å².